The number of nitrogens with zero attached hydrogens (tertiary/aromatic N) is 1. The van der Waals surface area contributed by atoms with Gasteiger partial charge in [0.25, 0.3) is 5.91 Å². The summed E-state index contributed by atoms with van der Waals surface area (Å²) in [7, 11) is 0. The second-order valence-corrected chi connectivity index (χ2v) is 5.50. The summed E-state index contributed by atoms with van der Waals surface area (Å²) in [5.41, 5.74) is 13.5. The number of fused-ring (bicyclic) bond motifs is 1. The van der Waals surface area contributed by atoms with Gasteiger partial charge in [0.2, 0.25) is 0 Å². The van der Waals surface area contributed by atoms with Crippen LogP contribution in [-0.4, -0.2) is 19.0 Å². The molecule has 1 aliphatic heterocycles. The third-order valence-corrected chi connectivity index (χ3v) is 4.35. The van der Waals surface area contributed by atoms with E-state index in [2.05, 4.69) is 4.90 Å². The molecule has 4 N–H and O–H groups in total. The van der Waals surface area contributed by atoms with Crippen LogP contribution >= 0.6 is 0 Å². The van der Waals surface area contributed by atoms with E-state index < -0.39 is 0 Å². The average Bonchev–Trinajstić information content (AvgIpc) is 2.88. The normalized spacial score (nSPS) is 26.3. The molecule has 0 spiro atoms. The molecule has 18 heavy (non-hydrogen) atoms. The van der Waals surface area contributed by atoms with E-state index in [4.69, 9.17) is 11.5 Å². The topological polar surface area (TPSA) is 72.3 Å². The summed E-state index contributed by atoms with van der Waals surface area (Å²) in [6.45, 7) is 2.07. The molecule has 2 aliphatic rings. The molecule has 0 radical (unpaired) electrons. The summed E-state index contributed by atoms with van der Waals surface area (Å²) in [5, 5.41) is 0. The molecule has 2 unspecified atom stereocenters. The lowest BCUT2D eigenvalue weighted by atomic mass is 10.0. The predicted octanol–water partition coefficient (Wildman–Crippen LogP) is 1.60. The molecule has 0 aromatic heterocycles. The van der Waals surface area contributed by atoms with Gasteiger partial charge in [0.15, 0.2) is 0 Å². The number of hydrogen-bond donors (Lipinski definition) is 2. The second kappa shape index (κ2) is 4.19. The van der Waals surface area contributed by atoms with Crippen molar-refractivity contribution in [2.24, 2.45) is 17.6 Å². The molecule has 2 atom stereocenters. The first kappa shape index (κ1) is 11.4. The van der Waals surface area contributed by atoms with Crippen molar-refractivity contribution in [2.45, 2.75) is 19.3 Å². The largest absolute Gasteiger partial charge is 0.399 e. The first-order valence-corrected chi connectivity index (χ1v) is 6.59. The summed E-state index contributed by atoms with van der Waals surface area (Å²) in [6.07, 6.45) is 3.98. The molecule has 0 bridgehead atoms. The summed E-state index contributed by atoms with van der Waals surface area (Å²) in [4.78, 5) is 13.8. The lowest BCUT2D eigenvalue weighted by Crippen LogP contribution is -2.25. The van der Waals surface area contributed by atoms with Crippen LogP contribution in [0.4, 0.5) is 11.4 Å². The van der Waals surface area contributed by atoms with Gasteiger partial charge in [-0.15, -0.1) is 0 Å². The molecule has 4 heteroatoms. The Kier molecular flexibility index (Phi) is 2.65. The maximum Gasteiger partial charge on any atom is 0.250 e. The Morgan fingerprint density at radius 2 is 1.89 bits per heavy atom. The highest BCUT2D eigenvalue weighted by Gasteiger charge is 2.36. The Balaban J connectivity index is 1.92. The molecule has 96 valence electrons. The molecule has 1 amide bonds. The maximum absolute atomic E-state index is 11.5. The number of anilines is 2. The van der Waals surface area contributed by atoms with Crippen molar-refractivity contribution < 1.29 is 4.79 Å². The molecule has 4 nitrogen and oxygen atoms in total. The van der Waals surface area contributed by atoms with Gasteiger partial charge in [-0.2, -0.15) is 0 Å². The van der Waals surface area contributed by atoms with Gasteiger partial charge in [-0.05, 0) is 42.9 Å². The van der Waals surface area contributed by atoms with E-state index >= 15 is 0 Å². The smallest absolute Gasteiger partial charge is 0.250 e. The van der Waals surface area contributed by atoms with Crippen LogP contribution in [-0.2, 0) is 0 Å². The van der Waals surface area contributed by atoms with Crippen LogP contribution in [0.2, 0.25) is 0 Å². The van der Waals surface area contributed by atoms with Crippen molar-refractivity contribution in [1.82, 2.24) is 0 Å². The van der Waals surface area contributed by atoms with Gasteiger partial charge >= 0.3 is 0 Å². The zero-order chi connectivity index (χ0) is 12.7. The Hall–Kier alpha value is -1.71. The minimum Gasteiger partial charge on any atom is -0.399 e. The number of benzene rings is 1. The zero-order valence-electron chi connectivity index (χ0n) is 10.4. The lowest BCUT2D eigenvalue weighted by molar-refractivity contribution is 0.100. The Bertz CT molecular complexity index is 474. The minimum atomic E-state index is -0.373. The van der Waals surface area contributed by atoms with Crippen LogP contribution < -0.4 is 16.4 Å². The summed E-state index contributed by atoms with van der Waals surface area (Å²) in [5.74, 6) is 1.20. The first-order valence-electron chi connectivity index (χ1n) is 6.59. The van der Waals surface area contributed by atoms with Gasteiger partial charge in [-0.25, -0.2) is 0 Å². The quantitative estimate of drug-likeness (QED) is 0.777. The number of primary amides is 1. The van der Waals surface area contributed by atoms with Crippen molar-refractivity contribution in [3.8, 4) is 0 Å². The van der Waals surface area contributed by atoms with Crippen LogP contribution in [0.15, 0.2) is 18.2 Å². The van der Waals surface area contributed by atoms with Crippen molar-refractivity contribution >= 4 is 17.3 Å². The van der Waals surface area contributed by atoms with E-state index in [-0.39, 0.29) is 5.91 Å². The highest BCUT2D eigenvalue weighted by Crippen LogP contribution is 2.40. The summed E-state index contributed by atoms with van der Waals surface area (Å²) < 4.78 is 0. The molecule has 1 heterocycles. The van der Waals surface area contributed by atoms with Crippen molar-refractivity contribution in [3.05, 3.63) is 23.8 Å². The van der Waals surface area contributed by atoms with E-state index in [1.807, 2.05) is 6.07 Å². The molecular weight excluding hydrogens is 226 g/mol. The predicted molar refractivity (Wildman–Crippen MR) is 72.4 cm³/mol. The van der Waals surface area contributed by atoms with Gasteiger partial charge in [-0.3, -0.25) is 4.79 Å². The third kappa shape index (κ3) is 1.82. The van der Waals surface area contributed by atoms with Gasteiger partial charge in [0, 0.05) is 18.8 Å². The van der Waals surface area contributed by atoms with Crippen molar-refractivity contribution in [2.75, 3.05) is 23.7 Å². The van der Waals surface area contributed by atoms with E-state index in [0.29, 0.717) is 11.3 Å². The molecule has 1 aliphatic carbocycles. The van der Waals surface area contributed by atoms with E-state index in [1.165, 1.54) is 19.3 Å². The number of nitrogens with two attached hydrogens (primary N) is 2. The second-order valence-electron chi connectivity index (χ2n) is 5.50. The number of nitrogen functional groups attached to an aromatic ring is 1. The number of carbonyl (C=O) groups excluding carboxylic acids is 1. The third-order valence-electron chi connectivity index (χ3n) is 4.35. The molecular formula is C14H19N3O. The van der Waals surface area contributed by atoms with E-state index in [9.17, 15) is 4.79 Å². The van der Waals surface area contributed by atoms with Crippen LogP contribution in [0.5, 0.6) is 0 Å². The molecule has 1 saturated carbocycles. The Morgan fingerprint density at radius 3 is 2.50 bits per heavy atom. The Labute approximate surface area is 107 Å². The SMILES string of the molecule is NC(=O)c1ccc(N)cc1N1CC2CCCC2C1. The average molecular weight is 245 g/mol. The number of rotatable bonds is 2. The van der Waals surface area contributed by atoms with Gasteiger partial charge in [-0.1, -0.05) is 6.42 Å². The van der Waals surface area contributed by atoms with Crippen molar-refractivity contribution in [1.29, 1.82) is 0 Å². The number of carbonyl (C=O) groups is 1. The number of hydrogen-bond acceptors (Lipinski definition) is 3. The summed E-state index contributed by atoms with van der Waals surface area (Å²) in [6, 6.07) is 5.35. The summed E-state index contributed by atoms with van der Waals surface area (Å²) >= 11 is 0. The van der Waals surface area contributed by atoms with Crippen molar-refractivity contribution in [3.63, 3.8) is 0 Å². The highest BCUT2D eigenvalue weighted by molar-refractivity contribution is 5.99. The van der Waals surface area contributed by atoms with E-state index in [1.54, 1.807) is 12.1 Å². The Morgan fingerprint density at radius 1 is 1.22 bits per heavy atom. The fraction of sp³-hybridized carbons (Fsp3) is 0.500. The molecule has 3 rings (SSSR count). The maximum atomic E-state index is 11.5. The number of amides is 1. The minimum absolute atomic E-state index is 0.373. The molecule has 1 aromatic carbocycles. The van der Waals surface area contributed by atoms with Gasteiger partial charge in [0.05, 0.1) is 11.3 Å². The zero-order valence-corrected chi connectivity index (χ0v) is 10.4. The van der Waals surface area contributed by atoms with E-state index in [0.717, 1.165) is 30.6 Å². The molecule has 1 aromatic rings. The fourth-order valence-electron chi connectivity index (χ4n) is 3.45. The fourth-order valence-corrected chi connectivity index (χ4v) is 3.45. The monoisotopic (exact) mass is 245 g/mol. The van der Waals surface area contributed by atoms with Gasteiger partial charge in [0.1, 0.15) is 0 Å². The van der Waals surface area contributed by atoms with Crippen LogP contribution in [0.1, 0.15) is 29.6 Å². The van der Waals surface area contributed by atoms with Crippen LogP contribution in [0.25, 0.3) is 0 Å². The highest BCUT2D eigenvalue weighted by atomic mass is 16.1. The lowest BCUT2D eigenvalue weighted by Gasteiger charge is -2.22. The van der Waals surface area contributed by atoms with Gasteiger partial charge < -0.3 is 16.4 Å². The molecule has 1 saturated heterocycles. The van der Waals surface area contributed by atoms with Crippen LogP contribution in [0.3, 0.4) is 0 Å². The molecule has 2 fully saturated rings. The standard InChI is InChI=1S/C14H19N3O/c15-11-4-5-12(14(16)18)13(6-11)17-7-9-2-1-3-10(9)8-17/h4-6,9-10H,1-3,7-8,15H2,(H2,16,18). The first-order chi connectivity index (χ1) is 8.65. The van der Waals surface area contributed by atoms with Crippen LogP contribution in [0, 0.1) is 11.8 Å².